The SMILES string of the molecule is C=CC(C)(C)c1[nH]c2ccc(CC=C(C)C)c(CC=C(C)C)c2c1/C=C1/NC(=O)[C@H](C)NC1=O. The van der Waals surface area contributed by atoms with Crippen molar-refractivity contribution in [2.24, 2.45) is 0 Å². The highest BCUT2D eigenvalue weighted by atomic mass is 16.2. The Morgan fingerprint density at radius 3 is 2.32 bits per heavy atom. The van der Waals surface area contributed by atoms with E-state index in [0.717, 1.165) is 35.0 Å². The molecule has 0 aliphatic carbocycles. The number of benzene rings is 1. The Morgan fingerprint density at radius 2 is 1.71 bits per heavy atom. The number of hydrogen-bond donors (Lipinski definition) is 3. The van der Waals surface area contributed by atoms with E-state index in [1.807, 2.05) is 12.2 Å². The van der Waals surface area contributed by atoms with Crippen LogP contribution in [0, 0.1) is 0 Å². The molecule has 0 saturated carbocycles. The first-order valence-electron chi connectivity index (χ1n) is 11.8. The van der Waals surface area contributed by atoms with Gasteiger partial charge in [0.15, 0.2) is 0 Å². The van der Waals surface area contributed by atoms with Gasteiger partial charge in [0.2, 0.25) is 5.91 Å². The molecule has 1 aliphatic rings. The predicted octanol–water partition coefficient (Wildman–Crippen LogP) is 5.62. The van der Waals surface area contributed by atoms with Crippen molar-refractivity contribution in [3.8, 4) is 0 Å². The number of piperazine rings is 1. The van der Waals surface area contributed by atoms with Gasteiger partial charge >= 0.3 is 0 Å². The third-order valence-electron chi connectivity index (χ3n) is 6.34. The molecule has 3 N–H and O–H groups in total. The largest absolute Gasteiger partial charge is 0.357 e. The van der Waals surface area contributed by atoms with E-state index in [0.29, 0.717) is 0 Å². The minimum Gasteiger partial charge on any atom is -0.357 e. The van der Waals surface area contributed by atoms with Crippen molar-refractivity contribution in [2.75, 3.05) is 0 Å². The summed E-state index contributed by atoms with van der Waals surface area (Å²) in [5, 5.41) is 6.61. The summed E-state index contributed by atoms with van der Waals surface area (Å²) < 4.78 is 0. The van der Waals surface area contributed by atoms with E-state index < -0.39 is 6.04 Å². The second-order valence-corrected chi connectivity index (χ2v) is 10.2. The van der Waals surface area contributed by atoms with E-state index in [-0.39, 0.29) is 22.9 Å². The zero-order valence-corrected chi connectivity index (χ0v) is 21.5. The number of H-pyrrole nitrogens is 1. The summed E-state index contributed by atoms with van der Waals surface area (Å²) in [4.78, 5) is 28.7. The number of carbonyl (C=O) groups excluding carboxylic acids is 2. The monoisotopic (exact) mass is 459 g/mol. The van der Waals surface area contributed by atoms with Gasteiger partial charge in [-0.3, -0.25) is 9.59 Å². The number of aromatic amines is 1. The van der Waals surface area contributed by atoms with Gasteiger partial charge in [0.1, 0.15) is 11.7 Å². The number of carbonyl (C=O) groups is 2. The van der Waals surface area contributed by atoms with Crippen LogP contribution < -0.4 is 10.6 Å². The Labute approximate surface area is 203 Å². The molecule has 2 amide bonds. The molecule has 180 valence electrons. The highest BCUT2D eigenvalue weighted by molar-refractivity contribution is 6.09. The Hall–Kier alpha value is -3.34. The highest BCUT2D eigenvalue weighted by Gasteiger charge is 2.29. The topological polar surface area (TPSA) is 74.0 Å². The molecule has 1 atom stereocenters. The Balaban J connectivity index is 2.36. The van der Waals surface area contributed by atoms with Gasteiger partial charge in [-0.15, -0.1) is 6.58 Å². The molecule has 3 rings (SSSR count). The molecule has 1 aromatic carbocycles. The van der Waals surface area contributed by atoms with Crippen LogP contribution in [-0.2, 0) is 27.8 Å². The lowest BCUT2D eigenvalue weighted by Crippen LogP contribution is -2.53. The first-order chi connectivity index (χ1) is 15.9. The molecule has 1 aromatic heterocycles. The number of nitrogens with one attached hydrogen (secondary N) is 3. The number of hydrogen-bond acceptors (Lipinski definition) is 2. The summed E-state index contributed by atoms with van der Waals surface area (Å²) >= 11 is 0. The van der Waals surface area contributed by atoms with Crippen molar-refractivity contribution in [1.29, 1.82) is 0 Å². The lowest BCUT2D eigenvalue weighted by molar-refractivity contribution is -0.130. The third-order valence-corrected chi connectivity index (χ3v) is 6.34. The lowest BCUT2D eigenvalue weighted by Gasteiger charge is -2.23. The van der Waals surface area contributed by atoms with Gasteiger partial charge in [-0.1, -0.05) is 49.3 Å². The Kier molecular flexibility index (Phi) is 7.35. The van der Waals surface area contributed by atoms with Gasteiger partial charge < -0.3 is 15.6 Å². The van der Waals surface area contributed by atoms with Crippen molar-refractivity contribution in [3.05, 3.63) is 76.2 Å². The molecule has 5 heteroatoms. The summed E-state index contributed by atoms with van der Waals surface area (Å²) in [5.74, 6) is -0.500. The van der Waals surface area contributed by atoms with Crippen molar-refractivity contribution >= 4 is 28.8 Å². The van der Waals surface area contributed by atoms with Crippen LogP contribution in [0.15, 0.2) is 53.8 Å². The standard InChI is InChI=1S/C29H37N3O2/c1-9-29(7,8)26-22(16-24-28(34)30-19(6)27(33)32-24)25-21(14-11-18(4)5)20(12-10-17(2)3)13-15-23(25)31-26/h9-11,13,15-16,19,31H,1,12,14H2,2-8H3,(H,30,34)(H,32,33)/b24-16+/t19-/m0/s1. The van der Waals surface area contributed by atoms with Crippen molar-refractivity contribution < 1.29 is 9.59 Å². The van der Waals surface area contributed by atoms with Crippen LogP contribution in [0.2, 0.25) is 0 Å². The van der Waals surface area contributed by atoms with Gasteiger partial charge in [0.05, 0.1) is 0 Å². The van der Waals surface area contributed by atoms with Crippen molar-refractivity contribution in [3.63, 3.8) is 0 Å². The zero-order valence-electron chi connectivity index (χ0n) is 21.5. The smallest absolute Gasteiger partial charge is 0.268 e. The van der Waals surface area contributed by atoms with Crippen LogP contribution in [0.3, 0.4) is 0 Å². The molecule has 0 radical (unpaired) electrons. The summed E-state index contributed by atoms with van der Waals surface area (Å²) in [6.07, 6.45) is 9.81. The second-order valence-electron chi connectivity index (χ2n) is 10.2. The fourth-order valence-electron chi connectivity index (χ4n) is 4.11. The van der Waals surface area contributed by atoms with Crippen LogP contribution in [0.5, 0.6) is 0 Å². The average molecular weight is 460 g/mol. The van der Waals surface area contributed by atoms with Crippen molar-refractivity contribution in [1.82, 2.24) is 15.6 Å². The predicted molar refractivity (Wildman–Crippen MR) is 142 cm³/mol. The lowest BCUT2D eigenvalue weighted by atomic mass is 9.85. The number of aromatic nitrogens is 1. The molecule has 0 unspecified atom stereocenters. The molecule has 34 heavy (non-hydrogen) atoms. The van der Waals surface area contributed by atoms with Crippen LogP contribution in [0.4, 0.5) is 0 Å². The average Bonchev–Trinajstić information content (AvgIpc) is 3.14. The molecule has 0 spiro atoms. The Morgan fingerprint density at radius 1 is 1.06 bits per heavy atom. The normalized spacial score (nSPS) is 17.4. The van der Waals surface area contributed by atoms with E-state index in [9.17, 15) is 9.59 Å². The van der Waals surface area contributed by atoms with E-state index in [4.69, 9.17) is 0 Å². The fourth-order valence-corrected chi connectivity index (χ4v) is 4.11. The highest BCUT2D eigenvalue weighted by Crippen LogP contribution is 2.37. The molecule has 5 nitrogen and oxygen atoms in total. The Bertz CT molecular complexity index is 1230. The fraction of sp³-hybridized carbons (Fsp3) is 0.379. The maximum atomic E-state index is 12.7. The number of allylic oxidation sites excluding steroid dienone is 5. The quantitative estimate of drug-likeness (QED) is 0.371. The minimum atomic E-state index is -0.555. The molecule has 2 aromatic rings. The summed E-state index contributed by atoms with van der Waals surface area (Å²) in [5.41, 5.74) is 7.76. The van der Waals surface area contributed by atoms with Gasteiger partial charge in [0.25, 0.3) is 5.91 Å². The van der Waals surface area contributed by atoms with Crippen LogP contribution in [0.1, 0.15) is 70.9 Å². The molecular weight excluding hydrogens is 422 g/mol. The number of rotatable bonds is 7. The van der Waals surface area contributed by atoms with Crippen LogP contribution in [-0.4, -0.2) is 22.8 Å². The summed E-state index contributed by atoms with van der Waals surface area (Å²) in [6.45, 7) is 18.3. The molecule has 2 heterocycles. The maximum absolute atomic E-state index is 12.7. The second kappa shape index (κ2) is 9.88. The molecule has 0 bridgehead atoms. The van der Waals surface area contributed by atoms with Gasteiger partial charge in [0, 0.05) is 27.6 Å². The summed E-state index contributed by atoms with van der Waals surface area (Å²) in [7, 11) is 0. The minimum absolute atomic E-state index is 0.218. The third kappa shape index (κ3) is 5.24. The first-order valence-corrected chi connectivity index (χ1v) is 11.8. The molecule has 1 aliphatic heterocycles. The molecular formula is C29H37N3O2. The van der Waals surface area contributed by atoms with Gasteiger partial charge in [-0.25, -0.2) is 0 Å². The van der Waals surface area contributed by atoms with E-state index in [2.05, 4.69) is 88.0 Å². The zero-order chi connectivity index (χ0) is 25.2. The number of fused-ring (bicyclic) bond motifs is 1. The maximum Gasteiger partial charge on any atom is 0.268 e. The number of amides is 2. The van der Waals surface area contributed by atoms with E-state index in [1.165, 1.54) is 22.3 Å². The van der Waals surface area contributed by atoms with Gasteiger partial charge in [-0.05, 0) is 70.7 Å². The molecule has 1 saturated heterocycles. The van der Waals surface area contributed by atoms with Crippen molar-refractivity contribution in [2.45, 2.75) is 72.8 Å². The summed E-state index contributed by atoms with van der Waals surface area (Å²) in [6, 6.07) is 3.74. The van der Waals surface area contributed by atoms with E-state index >= 15 is 0 Å². The molecule has 1 fully saturated rings. The van der Waals surface area contributed by atoms with Crippen LogP contribution >= 0.6 is 0 Å². The first kappa shape index (κ1) is 25.3. The van der Waals surface area contributed by atoms with E-state index in [1.54, 1.807) is 6.92 Å². The van der Waals surface area contributed by atoms with Gasteiger partial charge in [-0.2, -0.15) is 0 Å². The van der Waals surface area contributed by atoms with Crippen LogP contribution in [0.25, 0.3) is 17.0 Å².